The Morgan fingerprint density at radius 2 is 2.24 bits per heavy atom. The van der Waals surface area contributed by atoms with E-state index in [4.69, 9.17) is 4.74 Å². The van der Waals surface area contributed by atoms with Gasteiger partial charge in [0.15, 0.2) is 0 Å². The van der Waals surface area contributed by atoms with Crippen molar-refractivity contribution >= 4 is 17.7 Å². The Morgan fingerprint density at radius 3 is 2.95 bits per heavy atom. The Morgan fingerprint density at radius 1 is 1.43 bits per heavy atom. The molecule has 6 heteroatoms. The molecule has 3 rings (SSSR count). The van der Waals surface area contributed by atoms with Crippen LogP contribution in [0, 0.1) is 0 Å². The number of hydrogen-bond donors (Lipinski definition) is 2. The van der Waals surface area contributed by atoms with Gasteiger partial charge in [0.2, 0.25) is 5.91 Å². The second-order valence-electron chi connectivity index (χ2n) is 6.51. The van der Waals surface area contributed by atoms with Gasteiger partial charge in [0.05, 0.1) is 18.8 Å². The fourth-order valence-electron chi connectivity index (χ4n) is 3.62. The summed E-state index contributed by atoms with van der Waals surface area (Å²) < 4.78 is 5.52. The third-order valence-electron chi connectivity index (χ3n) is 4.94. The lowest BCUT2D eigenvalue weighted by molar-refractivity contribution is -0.135. The van der Waals surface area contributed by atoms with Crippen LogP contribution < -0.4 is 5.32 Å². The van der Waals surface area contributed by atoms with Gasteiger partial charge >= 0.3 is 0 Å². The highest BCUT2D eigenvalue weighted by Crippen LogP contribution is 2.28. The normalized spacial score (nSPS) is 35.2. The van der Waals surface area contributed by atoms with E-state index in [0.717, 1.165) is 31.1 Å². The number of nitrogens with zero attached hydrogens (tertiary/aromatic N) is 1. The number of hydrogen-bond acceptors (Lipinski definition) is 5. The molecule has 3 aliphatic rings. The molecule has 2 N–H and O–H groups in total. The van der Waals surface area contributed by atoms with Gasteiger partial charge in [-0.3, -0.25) is 9.69 Å². The molecule has 2 heterocycles. The van der Waals surface area contributed by atoms with Crippen LogP contribution in [0.25, 0.3) is 0 Å². The summed E-state index contributed by atoms with van der Waals surface area (Å²) in [6.07, 6.45) is 5.71. The van der Waals surface area contributed by atoms with Gasteiger partial charge < -0.3 is 15.2 Å². The third kappa shape index (κ3) is 3.73. The maximum atomic E-state index is 12.5. The monoisotopic (exact) mass is 314 g/mol. The van der Waals surface area contributed by atoms with Crippen LogP contribution in [0.3, 0.4) is 0 Å². The van der Waals surface area contributed by atoms with Crippen LogP contribution in [0.5, 0.6) is 0 Å². The van der Waals surface area contributed by atoms with Crippen molar-refractivity contribution in [3.8, 4) is 0 Å². The number of carbonyl (C=O) groups excluding carboxylic acids is 1. The molecular formula is C15H26N2O3S. The summed E-state index contributed by atoms with van der Waals surface area (Å²) in [5, 5.41) is 13.3. The zero-order valence-electron chi connectivity index (χ0n) is 12.6. The Labute approximate surface area is 130 Å². The molecule has 0 spiro atoms. The first-order valence-corrected chi connectivity index (χ1v) is 9.25. The molecule has 0 aromatic carbocycles. The maximum Gasteiger partial charge on any atom is 0.239 e. The van der Waals surface area contributed by atoms with Crippen LogP contribution >= 0.6 is 11.8 Å². The molecular weight excluding hydrogens is 288 g/mol. The molecule has 1 amide bonds. The Hall–Kier alpha value is -0.300. The summed E-state index contributed by atoms with van der Waals surface area (Å²) in [7, 11) is 0. The summed E-state index contributed by atoms with van der Waals surface area (Å²) in [4.78, 5) is 14.8. The Kier molecular flexibility index (Phi) is 5.09. The number of aliphatic hydroxyl groups is 1. The van der Waals surface area contributed by atoms with Crippen LogP contribution in [-0.4, -0.2) is 71.4 Å². The van der Waals surface area contributed by atoms with Gasteiger partial charge in [-0.05, 0) is 25.0 Å². The van der Waals surface area contributed by atoms with E-state index in [-0.39, 0.29) is 11.9 Å². The summed E-state index contributed by atoms with van der Waals surface area (Å²) in [6, 6.07) is 0.356. The van der Waals surface area contributed by atoms with Crippen molar-refractivity contribution in [2.45, 2.75) is 49.8 Å². The van der Waals surface area contributed by atoms with Gasteiger partial charge in [0, 0.05) is 24.9 Å². The zero-order valence-corrected chi connectivity index (χ0v) is 13.4. The standard InChI is InChI=1S/C15H26N2O3S/c18-14(16-10-15(19)5-8-21-11-15)13-9-20-7-6-17(13)12-3-1-2-4-12/h12-13,19H,1-11H2,(H,16,18)/t13-,15+/m1/s1. The molecule has 0 aromatic heterocycles. The van der Waals surface area contributed by atoms with Crippen LogP contribution in [0.4, 0.5) is 0 Å². The third-order valence-corrected chi connectivity index (χ3v) is 6.17. The highest BCUT2D eigenvalue weighted by molar-refractivity contribution is 7.99. The van der Waals surface area contributed by atoms with E-state index < -0.39 is 5.60 Å². The largest absolute Gasteiger partial charge is 0.387 e. The molecule has 3 fully saturated rings. The van der Waals surface area contributed by atoms with E-state index in [0.29, 0.717) is 19.2 Å². The lowest BCUT2D eigenvalue weighted by Crippen LogP contribution is -2.58. The van der Waals surface area contributed by atoms with Crippen molar-refractivity contribution in [2.75, 3.05) is 37.8 Å². The minimum absolute atomic E-state index is 0.0203. The predicted octanol–water partition coefficient (Wildman–Crippen LogP) is 0.614. The van der Waals surface area contributed by atoms with Crippen LogP contribution in [0.1, 0.15) is 32.1 Å². The van der Waals surface area contributed by atoms with E-state index in [2.05, 4.69) is 10.2 Å². The molecule has 120 valence electrons. The van der Waals surface area contributed by atoms with Gasteiger partial charge in [-0.2, -0.15) is 11.8 Å². The summed E-state index contributed by atoms with van der Waals surface area (Å²) in [5.41, 5.74) is -0.714. The number of morpholine rings is 1. The number of ether oxygens (including phenoxy) is 1. The molecule has 2 saturated heterocycles. The minimum atomic E-state index is -0.714. The zero-order chi connectivity index (χ0) is 14.7. The smallest absolute Gasteiger partial charge is 0.239 e. The van der Waals surface area contributed by atoms with Crippen LogP contribution in [0.15, 0.2) is 0 Å². The number of nitrogens with one attached hydrogen (secondary N) is 1. The second-order valence-corrected chi connectivity index (χ2v) is 7.62. The van der Waals surface area contributed by atoms with E-state index >= 15 is 0 Å². The summed E-state index contributed by atoms with van der Waals surface area (Å²) in [6.45, 7) is 2.42. The Balaban J connectivity index is 1.56. The Bertz CT molecular complexity index is 368. The first kappa shape index (κ1) is 15.6. The predicted molar refractivity (Wildman–Crippen MR) is 83.5 cm³/mol. The van der Waals surface area contributed by atoms with Crippen molar-refractivity contribution in [3.05, 3.63) is 0 Å². The molecule has 1 saturated carbocycles. The quantitative estimate of drug-likeness (QED) is 0.796. The maximum absolute atomic E-state index is 12.5. The molecule has 1 aliphatic carbocycles. The first-order valence-electron chi connectivity index (χ1n) is 8.09. The summed E-state index contributed by atoms with van der Waals surface area (Å²) in [5.74, 6) is 1.72. The minimum Gasteiger partial charge on any atom is -0.387 e. The lowest BCUT2D eigenvalue weighted by Gasteiger charge is -2.39. The SMILES string of the molecule is O=C(NC[C@@]1(O)CCSC1)[C@H]1COCCN1C1CCCC1. The molecule has 2 aliphatic heterocycles. The summed E-state index contributed by atoms with van der Waals surface area (Å²) >= 11 is 1.75. The van der Waals surface area contributed by atoms with E-state index in [1.165, 1.54) is 25.7 Å². The average Bonchev–Trinajstić information content (AvgIpc) is 3.17. The number of thioether (sulfide) groups is 1. The van der Waals surface area contributed by atoms with Gasteiger partial charge in [-0.1, -0.05) is 12.8 Å². The fraction of sp³-hybridized carbons (Fsp3) is 0.933. The van der Waals surface area contributed by atoms with Crippen molar-refractivity contribution in [3.63, 3.8) is 0 Å². The van der Waals surface area contributed by atoms with Gasteiger partial charge in [-0.15, -0.1) is 0 Å². The molecule has 0 radical (unpaired) electrons. The van der Waals surface area contributed by atoms with Crippen molar-refractivity contribution in [2.24, 2.45) is 0 Å². The van der Waals surface area contributed by atoms with E-state index in [1.807, 2.05) is 0 Å². The fourth-order valence-corrected chi connectivity index (χ4v) is 4.92. The van der Waals surface area contributed by atoms with Crippen molar-refractivity contribution in [1.82, 2.24) is 10.2 Å². The molecule has 0 unspecified atom stereocenters. The van der Waals surface area contributed by atoms with E-state index in [9.17, 15) is 9.90 Å². The molecule has 0 aromatic rings. The van der Waals surface area contributed by atoms with Crippen LogP contribution in [-0.2, 0) is 9.53 Å². The number of rotatable bonds is 4. The van der Waals surface area contributed by atoms with Gasteiger partial charge in [-0.25, -0.2) is 0 Å². The lowest BCUT2D eigenvalue weighted by atomic mass is 10.0. The van der Waals surface area contributed by atoms with Crippen LogP contribution in [0.2, 0.25) is 0 Å². The van der Waals surface area contributed by atoms with Crippen molar-refractivity contribution < 1.29 is 14.6 Å². The highest BCUT2D eigenvalue weighted by Gasteiger charge is 2.37. The van der Waals surface area contributed by atoms with Gasteiger partial charge in [0.25, 0.3) is 0 Å². The number of amides is 1. The molecule has 21 heavy (non-hydrogen) atoms. The molecule has 0 bridgehead atoms. The topological polar surface area (TPSA) is 61.8 Å². The molecule has 5 nitrogen and oxygen atoms in total. The molecule has 2 atom stereocenters. The van der Waals surface area contributed by atoms with Gasteiger partial charge in [0.1, 0.15) is 6.04 Å². The average molecular weight is 314 g/mol. The highest BCUT2D eigenvalue weighted by atomic mass is 32.2. The first-order chi connectivity index (χ1) is 10.2. The van der Waals surface area contributed by atoms with E-state index in [1.54, 1.807) is 11.8 Å². The second kappa shape index (κ2) is 6.86. The van der Waals surface area contributed by atoms with Crippen molar-refractivity contribution in [1.29, 1.82) is 0 Å². The number of carbonyl (C=O) groups is 1.